The van der Waals surface area contributed by atoms with Crippen molar-refractivity contribution in [3.8, 4) is 0 Å². The van der Waals surface area contributed by atoms with E-state index in [4.69, 9.17) is 4.74 Å². The Kier molecular flexibility index (Phi) is 16.9. The van der Waals surface area contributed by atoms with Crippen molar-refractivity contribution in [2.45, 2.75) is 47.0 Å². The molecule has 0 unspecified atom stereocenters. The van der Waals surface area contributed by atoms with Crippen LogP contribution in [0.25, 0.3) is 0 Å². The van der Waals surface area contributed by atoms with E-state index in [0.717, 1.165) is 44.9 Å². The van der Waals surface area contributed by atoms with Crippen molar-refractivity contribution in [1.82, 2.24) is 4.90 Å². The van der Waals surface area contributed by atoms with Crippen LogP contribution in [0.15, 0.2) is 0 Å². The summed E-state index contributed by atoms with van der Waals surface area (Å²) in [7, 11) is 1.73. The fourth-order valence-corrected chi connectivity index (χ4v) is 1.68. The smallest absolute Gasteiger partial charge is 0.143 e. The molecular weight excluding hydrogens is 205 g/mol. The SMILES string of the molecule is CC.CC.COCCC1CCN(CF)CC1. The first-order valence-electron chi connectivity index (χ1n) is 6.64. The largest absolute Gasteiger partial charge is 0.385 e. The van der Waals surface area contributed by atoms with Crippen LogP contribution in [-0.2, 0) is 4.74 Å². The average molecular weight is 235 g/mol. The van der Waals surface area contributed by atoms with Crippen molar-refractivity contribution in [2.24, 2.45) is 5.92 Å². The summed E-state index contributed by atoms with van der Waals surface area (Å²) in [5, 5.41) is 0. The Balaban J connectivity index is 0. The maximum atomic E-state index is 12.2. The molecule has 16 heavy (non-hydrogen) atoms. The van der Waals surface area contributed by atoms with Gasteiger partial charge in [0.25, 0.3) is 0 Å². The number of rotatable bonds is 4. The minimum absolute atomic E-state index is 0.281. The highest BCUT2D eigenvalue weighted by Gasteiger charge is 2.17. The quantitative estimate of drug-likeness (QED) is 0.689. The van der Waals surface area contributed by atoms with E-state index in [2.05, 4.69) is 0 Å². The molecule has 0 aliphatic carbocycles. The number of piperidine rings is 1. The Hall–Kier alpha value is -0.150. The van der Waals surface area contributed by atoms with Gasteiger partial charge in [0, 0.05) is 26.8 Å². The fourth-order valence-electron chi connectivity index (χ4n) is 1.68. The fraction of sp³-hybridized carbons (Fsp3) is 1.00. The van der Waals surface area contributed by atoms with Gasteiger partial charge in [-0.3, -0.25) is 4.90 Å². The highest BCUT2D eigenvalue weighted by atomic mass is 19.1. The first-order valence-corrected chi connectivity index (χ1v) is 6.64. The van der Waals surface area contributed by atoms with E-state index in [1.54, 1.807) is 7.11 Å². The normalized spacial score (nSPS) is 16.9. The number of halogens is 1. The van der Waals surface area contributed by atoms with E-state index < -0.39 is 0 Å². The van der Waals surface area contributed by atoms with E-state index >= 15 is 0 Å². The molecular formula is C13H30FNO. The van der Waals surface area contributed by atoms with E-state index in [-0.39, 0.29) is 6.80 Å². The third-order valence-corrected chi connectivity index (χ3v) is 2.61. The number of alkyl halides is 1. The predicted octanol–water partition coefficient (Wildman–Crippen LogP) is 3.71. The predicted molar refractivity (Wildman–Crippen MR) is 69.5 cm³/mol. The van der Waals surface area contributed by atoms with Gasteiger partial charge in [-0.15, -0.1) is 0 Å². The van der Waals surface area contributed by atoms with Crippen LogP contribution < -0.4 is 0 Å². The summed E-state index contributed by atoms with van der Waals surface area (Å²) in [5.74, 6) is 0.757. The summed E-state index contributed by atoms with van der Waals surface area (Å²) in [6, 6.07) is 0. The van der Waals surface area contributed by atoms with Crippen LogP contribution in [0, 0.1) is 5.92 Å². The highest BCUT2D eigenvalue weighted by molar-refractivity contribution is 4.70. The lowest BCUT2D eigenvalue weighted by molar-refractivity contribution is 0.107. The van der Waals surface area contributed by atoms with Gasteiger partial charge >= 0.3 is 0 Å². The van der Waals surface area contributed by atoms with E-state index in [0.29, 0.717) is 0 Å². The molecule has 1 aliphatic heterocycles. The summed E-state index contributed by atoms with van der Waals surface area (Å²) >= 11 is 0. The molecule has 0 aromatic rings. The van der Waals surface area contributed by atoms with Crippen LogP contribution in [0.3, 0.4) is 0 Å². The van der Waals surface area contributed by atoms with E-state index in [1.807, 2.05) is 32.6 Å². The molecule has 3 heteroatoms. The Morgan fingerprint density at radius 1 is 1.12 bits per heavy atom. The number of hydrogen-bond acceptors (Lipinski definition) is 2. The van der Waals surface area contributed by atoms with Gasteiger partial charge in [-0.1, -0.05) is 27.7 Å². The second-order valence-corrected chi connectivity index (χ2v) is 3.46. The van der Waals surface area contributed by atoms with Crippen molar-refractivity contribution in [2.75, 3.05) is 33.6 Å². The van der Waals surface area contributed by atoms with Crippen LogP contribution in [0.5, 0.6) is 0 Å². The van der Waals surface area contributed by atoms with E-state index in [1.165, 1.54) is 0 Å². The zero-order chi connectivity index (χ0) is 12.8. The highest BCUT2D eigenvalue weighted by Crippen LogP contribution is 2.19. The van der Waals surface area contributed by atoms with Crippen LogP contribution in [0.2, 0.25) is 0 Å². The van der Waals surface area contributed by atoms with E-state index in [9.17, 15) is 4.39 Å². The number of methoxy groups -OCH3 is 1. The Bertz CT molecular complexity index is 115. The second-order valence-electron chi connectivity index (χ2n) is 3.46. The zero-order valence-electron chi connectivity index (χ0n) is 11.8. The molecule has 0 spiro atoms. The standard InChI is InChI=1S/C9H18FNO.2C2H6/c1-12-7-4-9-2-5-11(8-10)6-3-9;2*1-2/h9H,2-8H2,1H3;2*1-2H3. The molecule has 1 aliphatic rings. The van der Waals surface area contributed by atoms with Gasteiger partial charge in [-0.05, 0) is 25.2 Å². The molecule has 100 valence electrons. The molecule has 0 atom stereocenters. The molecule has 1 saturated heterocycles. The molecule has 1 heterocycles. The minimum atomic E-state index is -0.281. The van der Waals surface area contributed by atoms with Crippen molar-refractivity contribution in [1.29, 1.82) is 0 Å². The van der Waals surface area contributed by atoms with Gasteiger partial charge < -0.3 is 4.74 Å². The molecule has 1 rings (SSSR count). The molecule has 0 amide bonds. The second kappa shape index (κ2) is 14.8. The summed E-state index contributed by atoms with van der Waals surface area (Å²) in [6.07, 6.45) is 3.40. The van der Waals surface area contributed by atoms with Gasteiger partial charge in [0.15, 0.2) is 0 Å². The van der Waals surface area contributed by atoms with Crippen molar-refractivity contribution in [3.05, 3.63) is 0 Å². The molecule has 0 aromatic carbocycles. The maximum absolute atomic E-state index is 12.2. The van der Waals surface area contributed by atoms with Crippen LogP contribution in [0.4, 0.5) is 4.39 Å². The van der Waals surface area contributed by atoms with Gasteiger partial charge in [0.1, 0.15) is 6.80 Å². The maximum Gasteiger partial charge on any atom is 0.143 e. The van der Waals surface area contributed by atoms with Crippen molar-refractivity contribution < 1.29 is 9.13 Å². The number of ether oxygens (including phenoxy) is 1. The molecule has 0 aromatic heterocycles. The number of likely N-dealkylation sites (tertiary alicyclic amines) is 1. The first-order chi connectivity index (χ1) is 7.86. The molecule has 0 N–H and O–H groups in total. The van der Waals surface area contributed by atoms with Gasteiger partial charge in [0.05, 0.1) is 0 Å². The van der Waals surface area contributed by atoms with Crippen molar-refractivity contribution >= 4 is 0 Å². The Labute approximate surface area is 101 Å². The molecule has 0 radical (unpaired) electrons. The summed E-state index contributed by atoms with van der Waals surface area (Å²) in [4.78, 5) is 1.86. The summed E-state index contributed by atoms with van der Waals surface area (Å²) in [6.45, 7) is 10.4. The number of hydrogen-bond donors (Lipinski definition) is 0. The van der Waals surface area contributed by atoms with Gasteiger partial charge in [0.2, 0.25) is 0 Å². The topological polar surface area (TPSA) is 12.5 Å². The Morgan fingerprint density at radius 2 is 1.62 bits per heavy atom. The molecule has 0 bridgehead atoms. The lowest BCUT2D eigenvalue weighted by Crippen LogP contribution is -2.33. The van der Waals surface area contributed by atoms with Gasteiger partial charge in [-0.25, -0.2) is 4.39 Å². The molecule has 1 fully saturated rings. The zero-order valence-corrected chi connectivity index (χ0v) is 11.8. The lowest BCUT2D eigenvalue weighted by Gasteiger charge is -2.29. The summed E-state index contributed by atoms with van der Waals surface area (Å²) in [5.41, 5.74) is 0. The third-order valence-electron chi connectivity index (χ3n) is 2.61. The van der Waals surface area contributed by atoms with Gasteiger partial charge in [-0.2, -0.15) is 0 Å². The van der Waals surface area contributed by atoms with Crippen LogP contribution >= 0.6 is 0 Å². The van der Waals surface area contributed by atoms with Crippen molar-refractivity contribution in [3.63, 3.8) is 0 Å². The lowest BCUT2D eigenvalue weighted by atomic mass is 9.94. The molecule has 0 saturated carbocycles. The van der Waals surface area contributed by atoms with Crippen LogP contribution in [-0.4, -0.2) is 38.5 Å². The minimum Gasteiger partial charge on any atom is -0.385 e. The average Bonchev–Trinajstić information content (AvgIpc) is 2.41. The van der Waals surface area contributed by atoms with Crippen LogP contribution in [0.1, 0.15) is 47.0 Å². The number of nitrogens with zero attached hydrogens (tertiary/aromatic N) is 1. The third kappa shape index (κ3) is 9.10. The Morgan fingerprint density at radius 3 is 2.00 bits per heavy atom. The monoisotopic (exact) mass is 235 g/mol. The molecule has 2 nitrogen and oxygen atoms in total. The summed E-state index contributed by atoms with van der Waals surface area (Å²) < 4.78 is 17.2. The first kappa shape index (κ1) is 18.2.